The van der Waals surface area contributed by atoms with Crippen LogP contribution in [-0.2, 0) is 11.3 Å². The van der Waals surface area contributed by atoms with Gasteiger partial charge in [-0.2, -0.15) is 5.10 Å². The molecule has 0 saturated heterocycles. The standard InChI is InChI=1S/C22H19N5O2S/c28-19(23-12-15-7-3-1-4-8-15)11-17-14-30-22-25-20-18(21(29)26(17)22)13-24-27(20)16-9-5-2-6-10-16/h1-10,13,17H,11-12,14H2,(H,23,28). The lowest BCUT2D eigenvalue weighted by Gasteiger charge is -2.13. The van der Waals surface area contributed by atoms with E-state index in [4.69, 9.17) is 4.98 Å². The Morgan fingerprint density at radius 1 is 1.10 bits per heavy atom. The van der Waals surface area contributed by atoms with Crippen molar-refractivity contribution in [2.24, 2.45) is 0 Å². The van der Waals surface area contributed by atoms with Crippen LogP contribution in [0.1, 0.15) is 18.0 Å². The van der Waals surface area contributed by atoms with E-state index in [9.17, 15) is 9.59 Å². The molecule has 4 aromatic rings. The van der Waals surface area contributed by atoms with Crippen molar-refractivity contribution in [3.8, 4) is 5.69 Å². The quantitative estimate of drug-likeness (QED) is 0.505. The maximum Gasteiger partial charge on any atom is 0.265 e. The number of nitrogens with zero attached hydrogens (tertiary/aromatic N) is 4. The smallest absolute Gasteiger partial charge is 0.265 e. The van der Waals surface area contributed by atoms with Gasteiger partial charge in [0.15, 0.2) is 10.8 Å². The van der Waals surface area contributed by atoms with Crippen molar-refractivity contribution in [1.29, 1.82) is 0 Å². The Bertz CT molecular complexity index is 1270. The van der Waals surface area contributed by atoms with Gasteiger partial charge < -0.3 is 5.32 Å². The van der Waals surface area contributed by atoms with Crippen LogP contribution in [0.3, 0.4) is 0 Å². The first kappa shape index (κ1) is 18.6. The summed E-state index contributed by atoms with van der Waals surface area (Å²) in [4.78, 5) is 30.3. The zero-order chi connectivity index (χ0) is 20.5. The molecule has 0 fully saturated rings. The van der Waals surface area contributed by atoms with Crippen LogP contribution in [-0.4, -0.2) is 31.0 Å². The third-order valence-electron chi connectivity index (χ3n) is 5.12. The lowest BCUT2D eigenvalue weighted by molar-refractivity contribution is -0.121. The Labute approximate surface area is 176 Å². The molecule has 3 heterocycles. The summed E-state index contributed by atoms with van der Waals surface area (Å²) in [5, 5.41) is 8.40. The molecule has 0 bridgehead atoms. The monoisotopic (exact) mass is 417 g/mol. The molecule has 30 heavy (non-hydrogen) atoms. The van der Waals surface area contributed by atoms with Crippen LogP contribution in [0.2, 0.25) is 0 Å². The largest absolute Gasteiger partial charge is 0.352 e. The average Bonchev–Trinajstić information content (AvgIpc) is 3.39. The fourth-order valence-corrected chi connectivity index (χ4v) is 4.75. The number of nitrogens with one attached hydrogen (secondary N) is 1. The molecule has 1 unspecified atom stereocenters. The second kappa shape index (κ2) is 7.79. The lowest BCUT2D eigenvalue weighted by Crippen LogP contribution is -2.30. The first-order valence-electron chi connectivity index (χ1n) is 9.70. The summed E-state index contributed by atoms with van der Waals surface area (Å²) in [7, 11) is 0. The third kappa shape index (κ3) is 3.39. The topological polar surface area (TPSA) is 81.8 Å². The molecule has 2 aromatic heterocycles. The Balaban J connectivity index is 1.39. The minimum atomic E-state index is -0.217. The first-order chi connectivity index (χ1) is 14.7. The summed E-state index contributed by atoms with van der Waals surface area (Å²) in [6.07, 6.45) is 1.80. The second-order valence-electron chi connectivity index (χ2n) is 7.13. The van der Waals surface area contributed by atoms with Crippen LogP contribution in [0.5, 0.6) is 0 Å². The summed E-state index contributed by atoms with van der Waals surface area (Å²) in [5.41, 5.74) is 2.28. The van der Waals surface area contributed by atoms with Gasteiger partial charge in [0.05, 0.1) is 17.9 Å². The van der Waals surface area contributed by atoms with E-state index in [0.717, 1.165) is 11.3 Å². The molecule has 1 aliphatic rings. The zero-order valence-electron chi connectivity index (χ0n) is 16.1. The summed E-state index contributed by atoms with van der Waals surface area (Å²) < 4.78 is 3.32. The van der Waals surface area contributed by atoms with Crippen molar-refractivity contribution in [2.75, 3.05) is 5.75 Å². The van der Waals surface area contributed by atoms with E-state index in [1.54, 1.807) is 15.4 Å². The highest BCUT2D eigenvalue weighted by Gasteiger charge is 2.29. The number of fused-ring (bicyclic) bond motifs is 2. The highest BCUT2D eigenvalue weighted by atomic mass is 32.2. The number of aromatic nitrogens is 4. The summed E-state index contributed by atoms with van der Waals surface area (Å²) in [6, 6.07) is 19.2. The normalized spacial score (nSPS) is 15.3. The molecule has 2 aromatic carbocycles. The van der Waals surface area contributed by atoms with E-state index >= 15 is 0 Å². The number of thioether (sulfide) groups is 1. The molecule has 0 spiro atoms. The van der Waals surface area contributed by atoms with Crippen LogP contribution in [0, 0.1) is 0 Å². The van der Waals surface area contributed by atoms with E-state index < -0.39 is 0 Å². The predicted molar refractivity (Wildman–Crippen MR) is 116 cm³/mol. The van der Waals surface area contributed by atoms with Gasteiger partial charge in [0, 0.05) is 18.7 Å². The number of hydrogen-bond acceptors (Lipinski definition) is 5. The molecule has 1 atom stereocenters. The molecule has 0 radical (unpaired) electrons. The number of hydrogen-bond donors (Lipinski definition) is 1. The fourth-order valence-electron chi connectivity index (χ4n) is 3.62. The Kier molecular flexibility index (Phi) is 4.84. The van der Waals surface area contributed by atoms with Crippen LogP contribution >= 0.6 is 11.8 Å². The number of amides is 1. The van der Waals surface area contributed by atoms with E-state index in [1.165, 1.54) is 11.8 Å². The minimum absolute atomic E-state index is 0.0794. The molecule has 150 valence electrons. The number of para-hydroxylation sites is 1. The number of benzene rings is 2. The average molecular weight is 417 g/mol. The lowest BCUT2D eigenvalue weighted by atomic mass is 10.2. The van der Waals surface area contributed by atoms with E-state index in [-0.39, 0.29) is 23.9 Å². The van der Waals surface area contributed by atoms with Gasteiger partial charge >= 0.3 is 0 Å². The second-order valence-corrected chi connectivity index (χ2v) is 8.12. The van der Waals surface area contributed by atoms with Gasteiger partial charge in [-0.1, -0.05) is 60.3 Å². The molecule has 7 nitrogen and oxygen atoms in total. The van der Waals surface area contributed by atoms with Crippen molar-refractivity contribution < 1.29 is 4.79 Å². The highest BCUT2D eigenvalue weighted by Crippen LogP contribution is 2.33. The van der Waals surface area contributed by atoms with Crippen LogP contribution in [0.4, 0.5) is 0 Å². The van der Waals surface area contributed by atoms with Crippen LogP contribution in [0.25, 0.3) is 16.7 Å². The van der Waals surface area contributed by atoms with E-state index in [2.05, 4.69) is 10.4 Å². The van der Waals surface area contributed by atoms with Gasteiger partial charge in [-0.05, 0) is 17.7 Å². The van der Waals surface area contributed by atoms with Gasteiger partial charge in [0.25, 0.3) is 5.56 Å². The van der Waals surface area contributed by atoms with Gasteiger partial charge in [-0.25, -0.2) is 9.67 Å². The van der Waals surface area contributed by atoms with E-state index in [0.29, 0.717) is 28.5 Å². The van der Waals surface area contributed by atoms with Crippen LogP contribution < -0.4 is 10.9 Å². The Hall–Kier alpha value is -3.39. The van der Waals surface area contributed by atoms with Gasteiger partial charge in [-0.15, -0.1) is 0 Å². The molecule has 1 amide bonds. The summed E-state index contributed by atoms with van der Waals surface area (Å²) in [5.74, 6) is 0.566. The molecular weight excluding hydrogens is 398 g/mol. The fraction of sp³-hybridized carbons (Fsp3) is 0.182. The minimum Gasteiger partial charge on any atom is -0.352 e. The Morgan fingerprint density at radius 2 is 1.83 bits per heavy atom. The molecule has 0 saturated carbocycles. The SMILES string of the molecule is O=C(CC1CSc2nc3c(cnn3-c3ccccc3)c(=O)n21)NCc1ccccc1. The number of rotatable bonds is 5. The number of carbonyl (C=O) groups is 1. The predicted octanol–water partition coefficient (Wildman–Crippen LogP) is 2.94. The maximum absolute atomic E-state index is 13.2. The van der Waals surface area contributed by atoms with Crippen molar-refractivity contribution in [3.63, 3.8) is 0 Å². The maximum atomic E-state index is 13.2. The zero-order valence-corrected chi connectivity index (χ0v) is 16.9. The van der Waals surface area contributed by atoms with Gasteiger partial charge in [0.2, 0.25) is 5.91 Å². The van der Waals surface area contributed by atoms with Crippen molar-refractivity contribution in [3.05, 3.63) is 82.8 Å². The Morgan fingerprint density at radius 3 is 2.60 bits per heavy atom. The summed E-state index contributed by atoms with van der Waals surface area (Å²) in [6.45, 7) is 0.475. The van der Waals surface area contributed by atoms with E-state index in [1.807, 2.05) is 60.7 Å². The molecular formula is C22H19N5O2S. The first-order valence-corrected chi connectivity index (χ1v) is 10.7. The van der Waals surface area contributed by atoms with Gasteiger partial charge in [0.1, 0.15) is 5.39 Å². The molecule has 0 aliphatic carbocycles. The molecule has 1 N–H and O–H groups in total. The molecule has 5 rings (SSSR count). The van der Waals surface area contributed by atoms with Crippen molar-refractivity contribution >= 4 is 28.7 Å². The van der Waals surface area contributed by atoms with Crippen LogP contribution in [0.15, 0.2) is 76.8 Å². The molecule has 8 heteroatoms. The van der Waals surface area contributed by atoms with Crippen molar-refractivity contribution in [1.82, 2.24) is 24.6 Å². The summed E-state index contributed by atoms with van der Waals surface area (Å²) >= 11 is 1.50. The molecule has 1 aliphatic heterocycles. The van der Waals surface area contributed by atoms with Crippen molar-refractivity contribution in [2.45, 2.75) is 24.2 Å². The highest BCUT2D eigenvalue weighted by molar-refractivity contribution is 7.99. The third-order valence-corrected chi connectivity index (χ3v) is 6.22. The number of carbonyl (C=O) groups excluding carboxylic acids is 1. The van der Waals surface area contributed by atoms with Gasteiger partial charge in [-0.3, -0.25) is 14.2 Å².